The van der Waals surface area contributed by atoms with Gasteiger partial charge >= 0.3 is 0 Å². The zero-order valence-corrected chi connectivity index (χ0v) is 14.8. The van der Waals surface area contributed by atoms with E-state index in [1.807, 2.05) is 6.07 Å². The van der Waals surface area contributed by atoms with E-state index in [-0.39, 0.29) is 23.9 Å². The van der Waals surface area contributed by atoms with Crippen molar-refractivity contribution < 1.29 is 9.59 Å². The summed E-state index contributed by atoms with van der Waals surface area (Å²) in [4.78, 5) is 35.1. The Kier molecular flexibility index (Phi) is 8.22. The number of pyridine rings is 1. The number of unbranched alkanes of at least 4 members (excludes halogenated alkanes) is 1. The van der Waals surface area contributed by atoms with E-state index in [0.29, 0.717) is 25.4 Å². The molecule has 6 heteroatoms. The van der Waals surface area contributed by atoms with E-state index >= 15 is 0 Å². The Labute approximate surface area is 149 Å². The van der Waals surface area contributed by atoms with Gasteiger partial charge in [0.15, 0.2) is 0 Å². The molecule has 1 heterocycles. The van der Waals surface area contributed by atoms with Gasteiger partial charge in [-0.05, 0) is 37.7 Å². The van der Waals surface area contributed by atoms with Crippen LogP contribution in [0.15, 0.2) is 29.2 Å². The number of nitrogens with zero attached hydrogens (tertiary/aromatic N) is 1. The molecule has 2 N–H and O–H groups in total. The Morgan fingerprint density at radius 3 is 2.60 bits per heavy atom. The summed E-state index contributed by atoms with van der Waals surface area (Å²) >= 11 is 0. The molecule has 1 aromatic heterocycles. The van der Waals surface area contributed by atoms with Gasteiger partial charge in [0.05, 0.1) is 6.54 Å². The first-order valence-electron chi connectivity index (χ1n) is 9.34. The average Bonchev–Trinajstić information content (AvgIpc) is 2.62. The van der Waals surface area contributed by atoms with Crippen molar-refractivity contribution in [3.05, 3.63) is 34.7 Å². The molecule has 6 nitrogen and oxygen atoms in total. The zero-order chi connectivity index (χ0) is 17.9. The quantitative estimate of drug-likeness (QED) is 0.669. The number of aryl methyl sites for hydroxylation is 1. The highest BCUT2D eigenvalue weighted by Gasteiger charge is 2.17. The van der Waals surface area contributed by atoms with Crippen LogP contribution in [0.3, 0.4) is 0 Å². The number of carbonyl (C=O) groups is 2. The van der Waals surface area contributed by atoms with E-state index in [0.717, 1.165) is 25.7 Å². The van der Waals surface area contributed by atoms with Gasteiger partial charge in [-0.3, -0.25) is 14.4 Å². The maximum atomic E-state index is 11.9. The zero-order valence-electron chi connectivity index (χ0n) is 14.8. The molecular formula is C19H29N3O3. The number of rotatable bonds is 9. The van der Waals surface area contributed by atoms with Crippen LogP contribution in [0, 0.1) is 5.92 Å². The van der Waals surface area contributed by atoms with E-state index < -0.39 is 0 Å². The largest absolute Gasteiger partial charge is 0.355 e. The van der Waals surface area contributed by atoms with Crippen LogP contribution >= 0.6 is 0 Å². The van der Waals surface area contributed by atoms with Crippen molar-refractivity contribution >= 4 is 11.8 Å². The Balaban J connectivity index is 1.51. The number of amides is 2. The second kappa shape index (κ2) is 10.7. The summed E-state index contributed by atoms with van der Waals surface area (Å²) < 4.78 is 1.66. The van der Waals surface area contributed by atoms with E-state index in [9.17, 15) is 14.4 Å². The molecule has 0 saturated heterocycles. The summed E-state index contributed by atoms with van der Waals surface area (Å²) in [5.74, 6) is 0.303. The van der Waals surface area contributed by atoms with Crippen LogP contribution in [-0.2, 0) is 16.1 Å². The molecule has 0 aromatic carbocycles. The normalized spacial score (nSPS) is 14.9. The van der Waals surface area contributed by atoms with Crippen molar-refractivity contribution in [1.82, 2.24) is 15.2 Å². The molecule has 1 aliphatic carbocycles. The van der Waals surface area contributed by atoms with Gasteiger partial charge in [-0.2, -0.15) is 0 Å². The number of aromatic nitrogens is 1. The molecule has 138 valence electrons. The Hall–Kier alpha value is -2.11. The molecule has 0 unspecified atom stereocenters. The molecule has 0 radical (unpaired) electrons. The maximum absolute atomic E-state index is 11.9. The first-order valence-corrected chi connectivity index (χ1v) is 9.34. The van der Waals surface area contributed by atoms with Crippen LogP contribution in [-0.4, -0.2) is 29.5 Å². The van der Waals surface area contributed by atoms with Gasteiger partial charge in [0.1, 0.15) is 0 Å². The lowest BCUT2D eigenvalue weighted by Crippen LogP contribution is -2.38. The molecule has 1 aliphatic rings. The first-order chi connectivity index (χ1) is 12.1. The van der Waals surface area contributed by atoms with E-state index in [1.54, 1.807) is 16.8 Å². The van der Waals surface area contributed by atoms with E-state index in [1.165, 1.54) is 25.3 Å². The predicted molar refractivity (Wildman–Crippen MR) is 97.1 cm³/mol. The number of hydrogen-bond acceptors (Lipinski definition) is 3. The topological polar surface area (TPSA) is 80.2 Å². The van der Waals surface area contributed by atoms with Gasteiger partial charge in [-0.25, -0.2) is 0 Å². The Morgan fingerprint density at radius 1 is 1.04 bits per heavy atom. The molecular weight excluding hydrogens is 318 g/mol. The molecule has 2 rings (SSSR count). The molecule has 25 heavy (non-hydrogen) atoms. The lowest BCUT2D eigenvalue weighted by molar-refractivity contribution is -0.126. The molecule has 0 atom stereocenters. The highest BCUT2D eigenvalue weighted by molar-refractivity contribution is 5.84. The van der Waals surface area contributed by atoms with Gasteiger partial charge < -0.3 is 15.2 Å². The van der Waals surface area contributed by atoms with Crippen molar-refractivity contribution in [1.29, 1.82) is 0 Å². The molecule has 0 spiro atoms. The van der Waals surface area contributed by atoms with E-state index in [2.05, 4.69) is 10.6 Å². The van der Waals surface area contributed by atoms with E-state index in [4.69, 9.17) is 0 Å². The Morgan fingerprint density at radius 2 is 1.84 bits per heavy atom. The van der Waals surface area contributed by atoms with Crippen LogP contribution < -0.4 is 16.2 Å². The molecule has 1 saturated carbocycles. The van der Waals surface area contributed by atoms with Crippen LogP contribution in [0.1, 0.15) is 51.4 Å². The van der Waals surface area contributed by atoms with Crippen molar-refractivity contribution in [3.8, 4) is 0 Å². The fraction of sp³-hybridized carbons (Fsp3) is 0.632. The van der Waals surface area contributed by atoms with Crippen molar-refractivity contribution in [2.24, 2.45) is 5.92 Å². The third-order valence-corrected chi connectivity index (χ3v) is 4.69. The smallest absolute Gasteiger partial charge is 0.250 e. The first kappa shape index (κ1) is 19.2. The second-order valence-electron chi connectivity index (χ2n) is 6.77. The SMILES string of the molecule is O=C(CNC(=O)CC1CCCCC1)NCCCCn1ccccc1=O. The fourth-order valence-electron chi connectivity index (χ4n) is 3.25. The Bertz CT molecular complexity index is 606. The second-order valence-corrected chi connectivity index (χ2v) is 6.77. The van der Waals surface area contributed by atoms with Crippen LogP contribution in [0.25, 0.3) is 0 Å². The monoisotopic (exact) mass is 347 g/mol. The van der Waals surface area contributed by atoms with Crippen LogP contribution in [0.5, 0.6) is 0 Å². The number of carbonyl (C=O) groups excluding carboxylic acids is 2. The summed E-state index contributed by atoms with van der Waals surface area (Å²) in [5.41, 5.74) is -0.00721. The highest BCUT2D eigenvalue weighted by Crippen LogP contribution is 2.25. The highest BCUT2D eigenvalue weighted by atomic mass is 16.2. The van der Waals surface area contributed by atoms with Crippen molar-refractivity contribution in [3.63, 3.8) is 0 Å². The lowest BCUT2D eigenvalue weighted by Gasteiger charge is -2.20. The van der Waals surface area contributed by atoms with Gasteiger partial charge in [-0.1, -0.05) is 25.3 Å². The van der Waals surface area contributed by atoms with Gasteiger partial charge in [0.2, 0.25) is 17.4 Å². The van der Waals surface area contributed by atoms with Crippen LogP contribution in [0.2, 0.25) is 0 Å². The lowest BCUT2D eigenvalue weighted by atomic mass is 9.87. The maximum Gasteiger partial charge on any atom is 0.250 e. The van der Waals surface area contributed by atoms with Gasteiger partial charge in [0, 0.05) is 31.8 Å². The molecule has 1 aromatic rings. The summed E-state index contributed by atoms with van der Waals surface area (Å²) in [7, 11) is 0. The third-order valence-electron chi connectivity index (χ3n) is 4.69. The molecule has 2 amide bonds. The number of hydrogen-bond donors (Lipinski definition) is 2. The van der Waals surface area contributed by atoms with Gasteiger partial charge in [0.25, 0.3) is 0 Å². The summed E-state index contributed by atoms with van der Waals surface area (Å²) in [6, 6.07) is 5.10. The summed E-state index contributed by atoms with van der Waals surface area (Å²) in [5, 5.41) is 5.51. The summed E-state index contributed by atoms with van der Waals surface area (Å²) in [6.45, 7) is 1.25. The standard InChI is InChI=1S/C19H29N3O3/c23-17(14-16-8-2-1-3-9-16)21-15-18(24)20-11-5-7-13-22-12-6-4-10-19(22)25/h4,6,10,12,16H,1-3,5,7-9,11,13-15H2,(H,20,24)(H,21,23). The molecule has 0 bridgehead atoms. The minimum atomic E-state index is -0.158. The molecule has 1 fully saturated rings. The number of nitrogens with one attached hydrogen (secondary N) is 2. The summed E-state index contributed by atoms with van der Waals surface area (Å²) in [6.07, 6.45) is 9.89. The minimum absolute atomic E-state index is 0.00721. The predicted octanol–water partition coefficient (Wildman–Crippen LogP) is 1.83. The average molecular weight is 347 g/mol. The molecule has 0 aliphatic heterocycles. The third kappa shape index (κ3) is 7.54. The van der Waals surface area contributed by atoms with Gasteiger partial charge in [-0.15, -0.1) is 0 Å². The minimum Gasteiger partial charge on any atom is -0.355 e. The van der Waals surface area contributed by atoms with Crippen molar-refractivity contribution in [2.75, 3.05) is 13.1 Å². The van der Waals surface area contributed by atoms with Crippen molar-refractivity contribution in [2.45, 2.75) is 57.9 Å². The van der Waals surface area contributed by atoms with Crippen LogP contribution in [0.4, 0.5) is 0 Å². The fourth-order valence-corrected chi connectivity index (χ4v) is 3.25.